The van der Waals surface area contributed by atoms with Gasteiger partial charge in [0.15, 0.2) is 0 Å². The third-order valence-electron chi connectivity index (χ3n) is 6.07. The van der Waals surface area contributed by atoms with Crippen LogP contribution in [0.5, 0.6) is 11.6 Å². The van der Waals surface area contributed by atoms with Crippen molar-refractivity contribution in [1.29, 1.82) is 0 Å². The van der Waals surface area contributed by atoms with Crippen LogP contribution in [-0.4, -0.2) is 61.9 Å². The van der Waals surface area contributed by atoms with Crippen molar-refractivity contribution in [2.75, 3.05) is 46.2 Å². The maximum atomic E-state index is 12.6. The van der Waals surface area contributed by atoms with Gasteiger partial charge in [-0.05, 0) is 48.9 Å². The summed E-state index contributed by atoms with van der Waals surface area (Å²) in [5.74, 6) is 1.74. The van der Waals surface area contributed by atoms with Gasteiger partial charge in [0.05, 0.1) is 32.1 Å². The fourth-order valence-electron chi connectivity index (χ4n) is 4.29. The van der Waals surface area contributed by atoms with Crippen molar-refractivity contribution in [1.82, 2.24) is 9.55 Å². The normalized spacial score (nSPS) is 21.2. The number of hydrogen-bond donors (Lipinski definition) is 0. The summed E-state index contributed by atoms with van der Waals surface area (Å²) < 4.78 is 30.0. The zero-order valence-corrected chi connectivity index (χ0v) is 17.6. The van der Waals surface area contributed by atoms with Crippen molar-refractivity contribution in [3.63, 3.8) is 0 Å². The maximum absolute atomic E-state index is 12.6. The Morgan fingerprint density at radius 1 is 1.03 bits per heavy atom. The molecule has 0 amide bonds. The molecule has 3 aliphatic rings. The van der Waals surface area contributed by atoms with Gasteiger partial charge in [-0.2, -0.15) is 4.98 Å². The number of aromatic nitrogens is 2. The summed E-state index contributed by atoms with van der Waals surface area (Å²) in [6.07, 6.45) is 2.73. The molecule has 4 heterocycles. The lowest BCUT2D eigenvalue weighted by atomic mass is 9.97. The molecule has 8 nitrogen and oxygen atoms in total. The van der Waals surface area contributed by atoms with E-state index >= 15 is 0 Å². The van der Waals surface area contributed by atoms with Crippen LogP contribution in [0.25, 0.3) is 11.3 Å². The van der Waals surface area contributed by atoms with Crippen LogP contribution in [0.2, 0.25) is 0 Å². The molecular formula is C23H28N2O6. The summed E-state index contributed by atoms with van der Waals surface area (Å²) in [5, 5.41) is 0. The second kappa shape index (κ2) is 9.38. The summed E-state index contributed by atoms with van der Waals surface area (Å²) in [6.45, 7) is 4.91. The largest absolute Gasteiger partial charge is 0.493 e. The van der Waals surface area contributed by atoms with E-state index in [0.29, 0.717) is 51.4 Å². The summed E-state index contributed by atoms with van der Waals surface area (Å²) in [6, 6.07) is 7.94. The molecule has 2 aromatic rings. The number of rotatable bonds is 6. The number of hydrogen-bond acceptors (Lipinski definition) is 7. The predicted octanol–water partition coefficient (Wildman–Crippen LogP) is 2.07. The zero-order chi connectivity index (χ0) is 21.0. The van der Waals surface area contributed by atoms with E-state index in [-0.39, 0.29) is 11.8 Å². The Kier molecular flexibility index (Phi) is 6.20. The van der Waals surface area contributed by atoms with Gasteiger partial charge in [0.25, 0.3) is 0 Å². The molecule has 31 heavy (non-hydrogen) atoms. The molecule has 5 rings (SSSR count). The summed E-state index contributed by atoms with van der Waals surface area (Å²) in [4.78, 5) is 16.7. The van der Waals surface area contributed by atoms with Crippen molar-refractivity contribution in [3.05, 3.63) is 40.3 Å². The van der Waals surface area contributed by atoms with Crippen LogP contribution in [0.1, 0.15) is 18.4 Å². The number of aryl methyl sites for hydroxylation is 1. The van der Waals surface area contributed by atoms with E-state index in [4.69, 9.17) is 23.7 Å². The molecule has 3 aliphatic heterocycles. The maximum Gasteiger partial charge on any atom is 0.351 e. The highest BCUT2D eigenvalue weighted by Gasteiger charge is 2.21. The van der Waals surface area contributed by atoms with E-state index in [2.05, 4.69) is 11.1 Å². The minimum atomic E-state index is -0.293. The standard InChI is InChI=1S/C23H28N2O6/c26-23-24-22(31-15-19-14-28-9-10-29-19)12-21-20-2-1-18(11-17(20)3-6-25(21)23)30-13-16-4-7-27-8-5-16/h1-2,11-12,16,19H,3-10,13-15H2/t19-/m1/s1. The summed E-state index contributed by atoms with van der Waals surface area (Å²) in [7, 11) is 0. The lowest BCUT2D eigenvalue weighted by Crippen LogP contribution is -2.34. The lowest BCUT2D eigenvalue weighted by Gasteiger charge is -2.25. The molecule has 2 fully saturated rings. The van der Waals surface area contributed by atoms with E-state index in [0.717, 1.165) is 49.5 Å². The third kappa shape index (κ3) is 4.76. The number of nitrogens with zero attached hydrogens (tertiary/aromatic N) is 2. The van der Waals surface area contributed by atoms with Crippen molar-refractivity contribution in [2.24, 2.45) is 5.92 Å². The van der Waals surface area contributed by atoms with Crippen LogP contribution >= 0.6 is 0 Å². The minimum Gasteiger partial charge on any atom is -0.493 e. The van der Waals surface area contributed by atoms with E-state index in [1.54, 1.807) is 4.57 Å². The average molecular weight is 428 g/mol. The van der Waals surface area contributed by atoms with Gasteiger partial charge in [-0.25, -0.2) is 4.79 Å². The Labute approximate surface area is 181 Å². The van der Waals surface area contributed by atoms with Crippen LogP contribution in [0, 0.1) is 5.92 Å². The smallest absolute Gasteiger partial charge is 0.351 e. The van der Waals surface area contributed by atoms with Gasteiger partial charge < -0.3 is 23.7 Å². The lowest BCUT2D eigenvalue weighted by molar-refractivity contribution is -0.102. The molecule has 0 aliphatic carbocycles. The molecule has 2 saturated heterocycles. The SMILES string of the molecule is O=c1nc(OC[C@H]2COCCO2)cc2n1CCc1cc(OCC3CCOCC3)ccc1-2. The van der Waals surface area contributed by atoms with Gasteiger partial charge in [0.1, 0.15) is 18.5 Å². The van der Waals surface area contributed by atoms with Gasteiger partial charge in [-0.1, -0.05) is 0 Å². The topological polar surface area (TPSA) is 81.0 Å². The fraction of sp³-hybridized carbons (Fsp3) is 0.565. The van der Waals surface area contributed by atoms with Crippen molar-refractivity contribution in [3.8, 4) is 22.9 Å². The molecule has 0 N–H and O–H groups in total. The molecule has 0 unspecified atom stereocenters. The van der Waals surface area contributed by atoms with Crippen molar-refractivity contribution in [2.45, 2.75) is 31.9 Å². The first kappa shape index (κ1) is 20.5. The van der Waals surface area contributed by atoms with Gasteiger partial charge in [0, 0.05) is 31.4 Å². The molecule has 8 heteroatoms. The number of benzene rings is 1. The third-order valence-corrected chi connectivity index (χ3v) is 6.07. The second-order valence-electron chi connectivity index (χ2n) is 8.23. The molecule has 0 saturated carbocycles. The highest BCUT2D eigenvalue weighted by atomic mass is 16.6. The zero-order valence-electron chi connectivity index (χ0n) is 17.6. The highest BCUT2D eigenvalue weighted by Crippen LogP contribution is 2.32. The van der Waals surface area contributed by atoms with Crippen molar-refractivity contribution < 1.29 is 23.7 Å². The minimum absolute atomic E-state index is 0.142. The van der Waals surface area contributed by atoms with Gasteiger partial charge in [-0.15, -0.1) is 0 Å². The molecule has 0 spiro atoms. The van der Waals surface area contributed by atoms with Crippen LogP contribution in [0.3, 0.4) is 0 Å². The van der Waals surface area contributed by atoms with E-state index < -0.39 is 0 Å². The molecule has 166 valence electrons. The van der Waals surface area contributed by atoms with E-state index in [1.165, 1.54) is 5.56 Å². The van der Waals surface area contributed by atoms with Crippen LogP contribution in [-0.2, 0) is 27.2 Å². The Hall–Kier alpha value is -2.42. The average Bonchev–Trinajstić information content (AvgIpc) is 2.82. The predicted molar refractivity (Wildman–Crippen MR) is 113 cm³/mol. The van der Waals surface area contributed by atoms with Crippen LogP contribution in [0.15, 0.2) is 29.1 Å². The number of fused-ring (bicyclic) bond motifs is 3. The van der Waals surface area contributed by atoms with E-state index in [9.17, 15) is 4.79 Å². The van der Waals surface area contributed by atoms with Gasteiger partial charge in [-0.3, -0.25) is 4.57 Å². The molecule has 0 bridgehead atoms. The fourth-order valence-corrected chi connectivity index (χ4v) is 4.29. The Balaban J connectivity index is 1.31. The van der Waals surface area contributed by atoms with Crippen molar-refractivity contribution >= 4 is 0 Å². The Bertz CT molecular complexity index is 963. The van der Waals surface area contributed by atoms with Crippen LogP contribution in [0.4, 0.5) is 0 Å². The molecular weight excluding hydrogens is 400 g/mol. The monoisotopic (exact) mass is 428 g/mol. The Morgan fingerprint density at radius 3 is 2.77 bits per heavy atom. The molecule has 1 aromatic carbocycles. The van der Waals surface area contributed by atoms with E-state index in [1.807, 2.05) is 18.2 Å². The first-order valence-corrected chi connectivity index (χ1v) is 11.0. The quantitative estimate of drug-likeness (QED) is 0.697. The van der Waals surface area contributed by atoms with Gasteiger partial charge >= 0.3 is 5.69 Å². The second-order valence-corrected chi connectivity index (χ2v) is 8.23. The Morgan fingerprint density at radius 2 is 1.94 bits per heavy atom. The molecule has 1 atom stereocenters. The summed E-state index contributed by atoms with van der Waals surface area (Å²) in [5.41, 5.74) is 2.73. The first-order chi connectivity index (χ1) is 15.3. The summed E-state index contributed by atoms with van der Waals surface area (Å²) >= 11 is 0. The van der Waals surface area contributed by atoms with Gasteiger partial charge in [0.2, 0.25) is 5.88 Å². The molecule has 0 radical (unpaired) electrons. The van der Waals surface area contributed by atoms with Crippen LogP contribution < -0.4 is 15.2 Å². The highest BCUT2D eigenvalue weighted by molar-refractivity contribution is 5.67. The first-order valence-electron chi connectivity index (χ1n) is 11.0. The number of ether oxygens (including phenoxy) is 5. The molecule has 1 aromatic heterocycles.